The highest BCUT2D eigenvalue weighted by molar-refractivity contribution is 6.38. The van der Waals surface area contributed by atoms with Crippen LogP contribution in [0.3, 0.4) is 0 Å². The van der Waals surface area contributed by atoms with Crippen LogP contribution in [0.5, 0.6) is 0 Å². The molecule has 0 bridgehead atoms. The van der Waals surface area contributed by atoms with Crippen LogP contribution in [-0.4, -0.2) is 72.7 Å². The van der Waals surface area contributed by atoms with Crippen molar-refractivity contribution in [1.29, 1.82) is 0 Å². The zero-order valence-corrected chi connectivity index (χ0v) is 25.2. The number of carbonyl (C=O) groups excluding carboxylic acids is 5. The molecule has 1 saturated heterocycles. The number of amides is 5. The van der Waals surface area contributed by atoms with Gasteiger partial charge in [0.2, 0.25) is 17.6 Å². The zero-order chi connectivity index (χ0) is 29.9. The number of ketones is 1. The van der Waals surface area contributed by atoms with Crippen molar-refractivity contribution in [3.63, 3.8) is 0 Å². The summed E-state index contributed by atoms with van der Waals surface area (Å²) in [6.07, 6.45) is 5.54. The van der Waals surface area contributed by atoms with E-state index in [1.165, 1.54) is 24.4 Å². The third-order valence-corrected chi connectivity index (χ3v) is 5.56. The molecule has 1 rings (SSSR count). The lowest BCUT2D eigenvalue weighted by atomic mass is 9.85. The molecule has 3 unspecified atom stereocenters. The van der Waals surface area contributed by atoms with E-state index < -0.39 is 47.2 Å². The molecule has 10 nitrogen and oxygen atoms in total. The Morgan fingerprint density at radius 3 is 2.11 bits per heavy atom. The largest absolute Gasteiger partial charge is 0.346 e. The first-order valence-corrected chi connectivity index (χ1v) is 13.9. The van der Waals surface area contributed by atoms with E-state index in [1.807, 2.05) is 41.5 Å². The average molecular weight is 540 g/mol. The summed E-state index contributed by atoms with van der Waals surface area (Å²) in [5.74, 6) is -2.33. The lowest BCUT2D eigenvalue weighted by Crippen LogP contribution is -2.59. The first kappa shape index (κ1) is 37.2. The molecule has 38 heavy (non-hydrogen) atoms. The Bertz CT molecular complexity index is 763. The van der Waals surface area contributed by atoms with E-state index in [0.717, 1.165) is 6.42 Å². The van der Waals surface area contributed by atoms with Gasteiger partial charge in [-0.15, -0.1) is 6.58 Å². The third kappa shape index (κ3) is 13.1. The van der Waals surface area contributed by atoms with Crippen molar-refractivity contribution in [3.8, 4) is 0 Å². The zero-order valence-electron chi connectivity index (χ0n) is 25.2. The maximum atomic E-state index is 13.3. The average Bonchev–Trinajstić information content (AvgIpc) is 3.38. The number of Topliss-reactive ketones (excluding diaryl/α,β-unsaturated/α-hetero) is 1. The molecule has 0 saturated carbocycles. The van der Waals surface area contributed by atoms with E-state index in [-0.39, 0.29) is 12.5 Å². The van der Waals surface area contributed by atoms with Gasteiger partial charge in [-0.25, -0.2) is 4.79 Å². The van der Waals surface area contributed by atoms with Gasteiger partial charge < -0.3 is 26.2 Å². The number of hydrogen-bond acceptors (Lipinski definition) is 5. The summed E-state index contributed by atoms with van der Waals surface area (Å²) in [5.41, 5.74) is -0.587. The van der Waals surface area contributed by atoms with Crippen LogP contribution in [0.1, 0.15) is 93.9 Å². The Morgan fingerprint density at radius 2 is 1.63 bits per heavy atom. The standard InChI is InChI=1S/C23H39N5O5.C3H8.C2H6/c1-7-9-11-15(17(29)20(31)25-13-8-2)26-19(30)16-12-10-14-28(16)21(32)18(23(3,4)5)27-22(33)24-6;1-3-2;1-2/h8,15-16,18H,2,7,9-14H2,1,3-6H3,(H,25,31)(H,26,30)(H2,24,27,33);3H2,1-2H3;1-2H3. The predicted octanol–water partition coefficient (Wildman–Crippen LogP) is 3.31. The molecule has 0 radical (unpaired) electrons. The fourth-order valence-electron chi connectivity index (χ4n) is 3.68. The highest BCUT2D eigenvalue weighted by atomic mass is 16.2. The Hall–Kier alpha value is -2.91. The molecule has 0 spiro atoms. The van der Waals surface area contributed by atoms with Gasteiger partial charge in [-0.2, -0.15) is 0 Å². The van der Waals surface area contributed by atoms with Crippen LogP contribution in [0.4, 0.5) is 4.79 Å². The van der Waals surface area contributed by atoms with Crippen LogP contribution in [0.2, 0.25) is 0 Å². The molecule has 10 heteroatoms. The van der Waals surface area contributed by atoms with Crippen LogP contribution in [0, 0.1) is 5.41 Å². The summed E-state index contributed by atoms with van der Waals surface area (Å²) in [6, 6.07) is -3.07. The van der Waals surface area contributed by atoms with Crippen LogP contribution in [0.15, 0.2) is 12.7 Å². The molecule has 1 aliphatic heterocycles. The van der Waals surface area contributed by atoms with Gasteiger partial charge in [0, 0.05) is 20.1 Å². The minimum atomic E-state index is -0.970. The van der Waals surface area contributed by atoms with Gasteiger partial charge in [0.05, 0.1) is 6.04 Å². The minimum absolute atomic E-state index is 0.149. The van der Waals surface area contributed by atoms with Gasteiger partial charge in [0.15, 0.2) is 0 Å². The van der Waals surface area contributed by atoms with Gasteiger partial charge in [-0.3, -0.25) is 19.2 Å². The fourth-order valence-corrected chi connectivity index (χ4v) is 3.68. The Balaban J connectivity index is 0. The van der Waals surface area contributed by atoms with Crippen molar-refractivity contribution in [3.05, 3.63) is 12.7 Å². The number of hydrogen-bond donors (Lipinski definition) is 4. The summed E-state index contributed by atoms with van der Waals surface area (Å²) in [4.78, 5) is 64.6. The van der Waals surface area contributed by atoms with E-state index in [1.54, 1.807) is 0 Å². The molecule has 1 heterocycles. The Morgan fingerprint density at radius 1 is 1.05 bits per heavy atom. The molecule has 4 N–H and O–H groups in total. The first-order chi connectivity index (χ1) is 17.9. The number of carbonyl (C=O) groups is 5. The molecular weight excluding hydrogens is 486 g/mol. The molecule has 0 aliphatic carbocycles. The summed E-state index contributed by atoms with van der Waals surface area (Å²) >= 11 is 0. The minimum Gasteiger partial charge on any atom is -0.346 e. The van der Waals surface area contributed by atoms with Crippen molar-refractivity contribution in [2.24, 2.45) is 5.41 Å². The number of urea groups is 1. The molecular formula is C28H53N5O5. The lowest BCUT2D eigenvalue weighted by molar-refractivity contribution is -0.143. The molecule has 220 valence electrons. The van der Waals surface area contributed by atoms with Gasteiger partial charge >= 0.3 is 6.03 Å². The van der Waals surface area contributed by atoms with E-state index >= 15 is 0 Å². The predicted molar refractivity (Wildman–Crippen MR) is 153 cm³/mol. The maximum absolute atomic E-state index is 13.3. The highest BCUT2D eigenvalue weighted by Crippen LogP contribution is 2.26. The van der Waals surface area contributed by atoms with E-state index in [4.69, 9.17) is 0 Å². The highest BCUT2D eigenvalue weighted by Gasteiger charge is 2.42. The smallest absolute Gasteiger partial charge is 0.315 e. The summed E-state index contributed by atoms with van der Waals surface area (Å²) < 4.78 is 0. The van der Waals surface area contributed by atoms with Crippen LogP contribution >= 0.6 is 0 Å². The monoisotopic (exact) mass is 539 g/mol. The second kappa shape index (κ2) is 20.1. The van der Waals surface area contributed by atoms with Crippen molar-refractivity contribution in [1.82, 2.24) is 26.2 Å². The molecule has 1 aliphatic rings. The molecule has 0 aromatic heterocycles. The van der Waals surface area contributed by atoms with Gasteiger partial charge in [0.25, 0.3) is 5.91 Å². The van der Waals surface area contributed by atoms with Gasteiger partial charge in [-0.05, 0) is 24.7 Å². The Labute approximate surface area is 230 Å². The SMILES string of the molecule is C=CCNC(=O)C(=O)C(CCCC)NC(=O)C1CCCN1C(=O)C(NC(=O)NC)C(C)(C)C.CC.CCC. The summed E-state index contributed by atoms with van der Waals surface area (Å²) in [7, 11) is 1.46. The van der Waals surface area contributed by atoms with Crippen LogP contribution < -0.4 is 21.3 Å². The lowest BCUT2D eigenvalue weighted by Gasteiger charge is -2.35. The second-order valence-electron chi connectivity index (χ2n) is 9.99. The molecule has 1 fully saturated rings. The topological polar surface area (TPSA) is 137 Å². The fraction of sp³-hybridized carbons (Fsp3) is 0.750. The number of unbranched alkanes of at least 4 members (excludes halogenated alkanes) is 1. The Kier molecular flexibility index (Phi) is 19.7. The number of nitrogens with zero attached hydrogens (tertiary/aromatic N) is 1. The van der Waals surface area contributed by atoms with Crippen molar-refractivity contribution in [2.75, 3.05) is 20.1 Å². The first-order valence-electron chi connectivity index (χ1n) is 13.9. The number of rotatable bonds is 11. The summed E-state index contributed by atoms with van der Waals surface area (Å²) in [6.45, 7) is 19.7. The van der Waals surface area contributed by atoms with E-state index in [9.17, 15) is 24.0 Å². The van der Waals surface area contributed by atoms with E-state index in [2.05, 4.69) is 41.7 Å². The molecule has 5 amide bonds. The molecule has 0 aromatic rings. The van der Waals surface area contributed by atoms with E-state index in [0.29, 0.717) is 32.2 Å². The normalized spacial score (nSPS) is 15.8. The maximum Gasteiger partial charge on any atom is 0.315 e. The van der Waals surface area contributed by atoms with Gasteiger partial charge in [-0.1, -0.05) is 80.7 Å². The molecule has 3 atom stereocenters. The molecule has 0 aromatic carbocycles. The summed E-state index contributed by atoms with van der Waals surface area (Å²) in [5, 5.41) is 10.3. The number of likely N-dealkylation sites (tertiary alicyclic amines) is 1. The van der Waals surface area contributed by atoms with Crippen LogP contribution in [0.25, 0.3) is 0 Å². The van der Waals surface area contributed by atoms with Gasteiger partial charge in [0.1, 0.15) is 12.1 Å². The second-order valence-corrected chi connectivity index (χ2v) is 9.99. The third-order valence-electron chi connectivity index (χ3n) is 5.56. The number of nitrogens with one attached hydrogen (secondary N) is 4. The van der Waals surface area contributed by atoms with Crippen molar-refractivity contribution in [2.45, 2.75) is 112 Å². The van der Waals surface area contributed by atoms with Crippen LogP contribution in [-0.2, 0) is 19.2 Å². The van der Waals surface area contributed by atoms with Crippen molar-refractivity contribution < 1.29 is 24.0 Å². The quantitative estimate of drug-likeness (QED) is 0.236. The van der Waals surface area contributed by atoms with Crippen molar-refractivity contribution >= 4 is 29.5 Å².